The summed E-state index contributed by atoms with van der Waals surface area (Å²) in [6.45, 7) is 13.7. The number of hydrogen-bond donors (Lipinski definition) is 0. The quantitative estimate of drug-likeness (QED) is 0.170. The summed E-state index contributed by atoms with van der Waals surface area (Å²) >= 11 is 0. The van der Waals surface area contributed by atoms with E-state index in [0.717, 1.165) is 0 Å². The van der Waals surface area contributed by atoms with Crippen molar-refractivity contribution in [1.82, 2.24) is 0 Å². The normalized spacial score (nSPS) is 8.48. The van der Waals surface area contributed by atoms with Crippen molar-refractivity contribution < 1.29 is 123 Å². The van der Waals surface area contributed by atoms with Crippen LogP contribution in [0.1, 0.15) is 20.8 Å². The summed E-state index contributed by atoms with van der Waals surface area (Å²) in [7, 11) is -2.97. The Balaban J connectivity index is -0.0000000932. The molecule has 0 aliphatic carbocycles. The molecular formula is C15H22KNaO9S. The zero-order valence-corrected chi connectivity index (χ0v) is 22.6. The van der Waals surface area contributed by atoms with Gasteiger partial charge in [-0.05, 0) is 26.3 Å². The maximum absolute atomic E-state index is 10.6. The number of carbonyl (C=O) groups is 3. The fourth-order valence-corrected chi connectivity index (χ4v) is 0.821. The third-order valence-corrected chi connectivity index (χ3v) is 2.46. The van der Waals surface area contributed by atoms with Crippen LogP contribution in [0.3, 0.4) is 0 Å². The molecule has 0 aliphatic heterocycles. The summed E-state index contributed by atoms with van der Waals surface area (Å²) in [6.07, 6.45) is 0. The average molecular weight is 440 g/mol. The van der Waals surface area contributed by atoms with Gasteiger partial charge in [0.05, 0.1) is 29.0 Å². The number of carboxylic acids is 1. The van der Waals surface area contributed by atoms with Crippen LogP contribution in [0, 0.1) is 0 Å². The Morgan fingerprint density at radius 1 is 0.926 bits per heavy atom. The molecule has 0 radical (unpaired) electrons. The van der Waals surface area contributed by atoms with Crippen molar-refractivity contribution in [3.8, 4) is 0 Å². The zero-order chi connectivity index (χ0) is 20.8. The van der Waals surface area contributed by atoms with E-state index in [1.807, 2.05) is 0 Å². The Hall–Kier alpha value is 0.176. The van der Waals surface area contributed by atoms with E-state index in [1.165, 1.54) is 21.0 Å². The van der Waals surface area contributed by atoms with E-state index in [2.05, 4.69) is 29.2 Å². The fourth-order valence-electron chi connectivity index (χ4n) is 0.534. The molecule has 0 saturated carbocycles. The van der Waals surface area contributed by atoms with Gasteiger partial charge in [0.2, 0.25) is 0 Å². The Labute approximate surface area is 224 Å². The number of carboxylic acid groups (broad SMARTS) is 1. The van der Waals surface area contributed by atoms with Crippen molar-refractivity contribution in [3.63, 3.8) is 0 Å². The molecule has 0 unspecified atom stereocenters. The van der Waals surface area contributed by atoms with E-state index >= 15 is 0 Å². The van der Waals surface area contributed by atoms with Crippen molar-refractivity contribution >= 4 is 28.0 Å². The second-order valence-corrected chi connectivity index (χ2v) is 6.04. The molecule has 0 aromatic rings. The molecule has 0 atom stereocenters. The van der Waals surface area contributed by atoms with Gasteiger partial charge in [-0.2, -0.15) is 0 Å². The second-order valence-electron chi connectivity index (χ2n) is 4.52. The number of carbonyl (C=O) groups excluding carboxylic acids is 3. The molecule has 0 amide bonds. The summed E-state index contributed by atoms with van der Waals surface area (Å²) in [5.41, 5.74) is 0.663. The van der Waals surface area contributed by atoms with Crippen LogP contribution in [0.5, 0.6) is 0 Å². The Kier molecular flexibility index (Phi) is 29.3. The Morgan fingerprint density at radius 3 is 1.41 bits per heavy atom. The minimum Gasteiger partial charge on any atom is -0.748 e. The van der Waals surface area contributed by atoms with Crippen molar-refractivity contribution in [2.24, 2.45) is 0 Å². The standard InChI is InChI=1S/C6H10O5S.C5H8O2.C4H6O2.K.Na/c1-5(2)6(7)11-3-4-12(8,9)10;1-4(2)5(6)7-3;1-3(2)4(5)6;;/h1,3-4H2,2H3,(H,8,9,10);1H2,2-3H3;1H2,2H3,(H,5,6);;/q;;;2*+1/p-2. The van der Waals surface area contributed by atoms with Gasteiger partial charge in [-0.1, -0.05) is 19.7 Å². The van der Waals surface area contributed by atoms with Crippen LogP contribution in [0.15, 0.2) is 36.5 Å². The van der Waals surface area contributed by atoms with E-state index in [0.29, 0.717) is 5.57 Å². The van der Waals surface area contributed by atoms with Gasteiger partial charge in [-0.3, -0.25) is 0 Å². The van der Waals surface area contributed by atoms with E-state index in [1.54, 1.807) is 6.92 Å². The number of methoxy groups -OCH3 is 1. The number of rotatable bonds is 6. The molecule has 0 fully saturated rings. The van der Waals surface area contributed by atoms with Gasteiger partial charge < -0.3 is 23.9 Å². The van der Waals surface area contributed by atoms with Crippen LogP contribution in [-0.4, -0.2) is 50.3 Å². The van der Waals surface area contributed by atoms with Crippen molar-refractivity contribution in [1.29, 1.82) is 0 Å². The number of hydrogen-bond acceptors (Lipinski definition) is 9. The Bertz CT molecular complexity index is 615. The van der Waals surface area contributed by atoms with Gasteiger partial charge >= 0.3 is 92.9 Å². The number of ether oxygens (including phenoxy) is 2. The number of aliphatic carboxylic acids is 1. The molecule has 0 aromatic heterocycles. The van der Waals surface area contributed by atoms with Crippen LogP contribution in [0.2, 0.25) is 0 Å². The largest absolute Gasteiger partial charge is 1.00 e. The topological polar surface area (TPSA) is 150 Å². The molecule has 0 rings (SSSR count). The molecule has 0 saturated heterocycles. The van der Waals surface area contributed by atoms with Crippen LogP contribution in [0.25, 0.3) is 0 Å². The first kappa shape index (κ1) is 37.9. The molecule has 0 heterocycles. The number of esters is 2. The monoisotopic (exact) mass is 440 g/mol. The molecule has 12 heteroatoms. The summed E-state index contributed by atoms with van der Waals surface area (Å²) in [6, 6.07) is 0. The van der Waals surface area contributed by atoms with Crippen LogP contribution in [-0.2, 0) is 34.0 Å². The van der Waals surface area contributed by atoms with Gasteiger partial charge in [0.25, 0.3) is 0 Å². The third-order valence-electron chi connectivity index (χ3n) is 1.80. The summed E-state index contributed by atoms with van der Waals surface area (Å²) < 4.78 is 38.7. The first-order chi connectivity index (χ1) is 11.2. The fraction of sp³-hybridized carbons (Fsp3) is 0.400. The maximum Gasteiger partial charge on any atom is 1.00 e. The van der Waals surface area contributed by atoms with Crippen molar-refractivity contribution in [2.45, 2.75) is 20.8 Å². The van der Waals surface area contributed by atoms with E-state index in [4.69, 9.17) is 0 Å². The summed E-state index contributed by atoms with van der Waals surface area (Å²) in [5, 5.41) is 9.49. The molecule has 0 N–H and O–H groups in total. The predicted molar refractivity (Wildman–Crippen MR) is 87.0 cm³/mol. The van der Waals surface area contributed by atoms with Gasteiger partial charge in [-0.25, -0.2) is 18.0 Å². The van der Waals surface area contributed by atoms with Gasteiger partial charge in [0.15, 0.2) is 0 Å². The molecule has 0 bridgehead atoms. The van der Waals surface area contributed by atoms with Gasteiger partial charge in [-0.15, -0.1) is 0 Å². The van der Waals surface area contributed by atoms with Crippen LogP contribution < -0.4 is 86.0 Å². The Morgan fingerprint density at radius 2 is 1.26 bits per heavy atom. The van der Waals surface area contributed by atoms with Crippen LogP contribution >= 0.6 is 0 Å². The summed E-state index contributed by atoms with van der Waals surface area (Å²) in [5.74, 6) is -2.93. The molecule has 9 nitrogen and oxygen atoms in total. The molecule has 0 aromatic carbocycles. The summed E-state index contributed by atoms with van der Waals surface area (Å²) in [4.78, 5) is 30.3. The van der Waals surface area contributed by atoms with E-state index in [9.17, 15) is 32.5 Å². The zero-order valence-electron chi connectivity index (χ0n) is 16.6. The molecule has 144 valence electrons. The average Bonchev–Trinajstić information content (AvgIpc) is 2.45. The minimum absolute atomic E-state index is 0. The van der Waals surface area contributed by atoms with Crippen molar-refractivity contribution in [2.75, 3.05) is 19.5 Å². The van der Waals surface area contributed by atoms with Crippen molar-refractivity contribution in [3.05, 3.63) is 36.5 Å². The SMILES string of the molecule is C=C(C)C(=O)OC.C=C(C)C(=O)OCCS(=O)(=O)[O-].C=C(C)C(=O)[O-].[K+].[Na+]. The van der Waals surface area contributed by atoms with Gasteiger partial charge in [0.1, 0.15) is 6.61 Å². The predicted octanol–water partition coefficient (Wildman–Crippen LogP) is -6.29. The smallest absolute Gasteiger partial charge is 0.748 e. The molecule has 27 heavy (non-hydrogen) atoms. The second kappa shape index (κ2) is 20.9. The van der Waals surface area contributed by atoms with Crippen LogP contribution in [0.4, 0.5) is 0 Å². The first-order valence-electron chi connectivity index (χ1n) is 6.52. The molecule has 0 aliphatic rings. The van der Waals surface area contributed by atoms with E-state index in [-0.39, 0.29) is 98.1 Å². The molecule has 0 spiro atoms. The first-order valence-corrected chi connectivity index (χ1v) is 8.10. The minimum atomic E-state index is -4.30. The third kappa shape index (κ3) is 34.1. The van der Waals surface area contributed by atoms with E-state index < -0.39 is 34.4 Å². The molecular weight excluding hydrogens is 418 g/mol. The van der Waals surface area contributed by atoms with Gasteiger partial charge in [0, 0.05) is 11.1 Å². The maximum atomic E-state index is 10.6.